The molecule has 112 valence electrons. The van der Waals surface area contributed by atoms with Gasteiger partial charge in [-0.15, -0.1) is 0 Å². The van der Waals surface area contributed by atoms with Crippen LogP contribution in [0.1, 0.15) is 31.2 Å². The topological polar surface area (TPSA) is 70.3 Å². The lowest BCUT2D eigenvalue weighted by Gasteiger charge is -2.28. The molecule has 1 aliphatic heterocycles. The third kappa shape index (κ3) is 3.02. The minimum Gasteiger partial charge on any atom is -0.358 e. The third-order valence-electron chi connectivity index (χ3n) is 4.14. The van der Waals surface area contributed by atoms with Gasteiger partial charge in [-0.25, -0.2) is 15.8 Å². The molecule has 0 saturated carbocycles. The Bertz CT molecular complexity index is 461. The lowest BCUT2D eigenvalue weighted by Crippen LogP contribution is -2.37. The van der Waals surface area contributed by atoms with E-state index >= 15 is 0 Å². The van der Waals surface area contributed by atoms with Crippen molar-refractivity contribution < 1.29 is 0 Å². The van der Waals surface area contributed by atoms with Gasteiger partial charge in [0, 0.05) is 31.6 Å². The highest BCUT2D eigenvalue weighted by atomic mass is 15.3. The second kappa shape index (κ2) is 6.37. The van der Waals surface area contributed by atoms with Gasteiger partial charge in [0.15, 0.2) is 0 Å². The van der Waals surface area contributed by atoms with Crippen molar-refractivity contribution in [3.8, 4) is 0 Å². The number of nitrogens with zero attached hydrogens (tertiary/aromatic N) is 4. The minimum absolute atomic E-state index is 0.605. The molecule has 1 aromatic rings. The molecule has 6 heteroatoms. The lowest BCUT2D eigenvalue weighted by molar-refractivity contribution is 0.314. The normalized spacial score (nSPS) is 19.4. The highest BCUT2D eigenvalue weighted by Gasteiger charge is 2.23. The molecule has 1 aromatic heterocycles. The molecule has 1 saturated heterocycles. The first-order valence-corrected chi connectivity index (χ1v) is 7.32. The van der Waals surface area contributed by atoms with Crippen molar-refractivity contribution in [1.29, 1.82) is 0 Å². The van der Waals surface area contributed by atoms with E-state index in [1.54, 1.807) is 0 Å². The summed E-state index contributed by atoms with van der Waals surface area (Å²) in [5.74, 6) is 8.08. The number of hydrazine groups is 1. The maximum Gasteiger partial charge on any atom is 0.148 e. The second-order valence-electron chi connectivity index (χ2n) is 5.59. The molecule has 2 rings (SSSR count). The van der Waals surface area contributed by atoms with E-state index in [2.05, 4.69) is 46.2 Å². The summed E-state index contributed by atoms with van der Waals surface area (Å²) in [6.45, 7) is 6.25. The van der Waals surface area contributed by atoms with Gasteiger partial charge in [0.05, 0.1) is 0 Å². The predicted octanol–water partition coefficient (Wildman–Crippen LogP) is 1.16. The number of hydrogen-bond donors (Lipinski definition) is 2. The van der Waals surface area contributed by atoms with Gasteiger partial charge in [-0.3, -0.25) is 0 Å². The van der Waals surface area contributed by atoms with Crippen LogP contribution in [0, 0.1) is 6.92 Å². The molecule has 3 N–H and O–H groups in total. The van der Waals surface area contributed by atoms with Crippen LogP contribution in [0.2, 0.25) is 0 Å². The molecule has 6 nitrogen and oxygen atoms in total. The summed E-state index contributed by atoms with van der Waals surface area (Å²) in [6.07, 6.45) is 3.35. The maximum absolute atomic E-state index is 5.56. The van der Waals surface area contributed by atoms with E-state index in [1.165, 1.54) is 19.4 Å². The van der Waals surface area contributed by atoms with E-state index in [1.807, 2.05) is 6.92 Å². The lowest BCUT2D eigenvalue weighted by atomic mass is 10.2. The second-order valence-corrected chi connectivity index (χ2v) is 5.59. The van der Waals surface area contributed by atoms with E-state index in [0.29, 0.717) is 6.04 Å². The van der Waals surface area contributed by atoms with Crippen LogP contribution >= 0.6 is 0 Å². The van der Waals surface area contributed by atoms with E-state index in [-0.39, 0.29) is 0 Å². The number of aromatic nitrogens is 2. The van der Waals surface area contributed by atoms with Gasteiger partial charge in [0.25, 0.3) is 0 Å². The quantitative estimate of drug-likeness (QED) is 0.622. The summed E-state index contributed by atoms with van der Waals surface area (Å²) in [5, 5.41) is 0. The van der Waals surface area contributed by atoms with Gasteiger partial charge in [-0.1, -0.05) is 6.92 Å². The van der Waals surface area contributed by atoms with Crippen molar-refractivity contribution in [2.45, 2.75) is 39.2 Å². The molecular weight excluding hydrogens is 252 g/mol. The Kier molecular flexibility index (Phi) is 4.77. The van der Waals surface area contributed by atoms with Gasteiger partial charge < -0.3 is 15.2 Å². The number of rotatable bonds is 5. The molecule has 0 aliphatic carbocycles. The zero-order valence-corrected chi connectivity index (χ0v) is 13.0. The fourth-order valence-electron chi connectivity index (χ4n) is 2.83. The number of anilines is 2. The average Bonchev–Trinajstić information content (AvgIpc) is 2.84. The van der Waals surface area contributed by atoms with E-state index in [0.717, 1.165) is 36.0 Å². The van der Waals surface area contributed by atoms with Gasteiger partial charge in [-0.05, 0) is 33.4 Å². The molecule has 0 bridgehead atoms. The number of nitrogens with one attached hydrogen (secondary N) is 1. The Morgan fingerprint density at radius 1 is 1.45 bits per heavy atom. The smallest absolute Gasteiger partial charge is 0.148 e. The third-order valence-corrected chi connectivity index (χ3v) is 4.14. The van der Waals surface area contributed by atoms with Gasteiger partial charge >= 0.3 is 0 Å². The molecule has 0 aromatic carbocycles. The molecule has 1 unspecified atom stereocenters. The van der Waals surface area contributed by atoms with Crippen LogP contribution in [0.5, 0.6) is 0 Å². The van der Waals surface area contributed by atoms with Crippen LogP contribution in [0.15, 0.2) is 0 Å². The van der Waals surface area contributed by atoms with Gasteiger partial charge in [0.1, 0.15) is 17.5 Å². The van der Waals surface area contributed by atoms with Crippen LogP contribution in [-0.4, -0.2) is 48.1 Å². The number of hydrogen-bond acceptors (Lipinski definition) is 6. The molecule has 1 atom stereocenters. The highest BCUT2D eigenvalue weighted by Crippen LogP contribution is 2.24. The monoisotopic (exact) mass is 278 g/mol. The molecule has 1 aliphatic rings. The standard InChI is InChI=1S/C14H26N6/c1-5-12-16-13(18-15)10(2)14(17-12)20(4)9-11-7-6-8-19(11)3/h11H,5-9,15H2,1-4H3,(H,16,17,18). The van der Waals surface area contributed by atoms with Crippen LogP contribution in [0.25, 0.3) is 0 Å². The van der Waals surface area contributed by atoms with Crippen molar-refractivity contribution in [2.75, 3.05) is 37.5 Å². The number of nitrogen functional groups attached to an aromatic ring is 1. The SMILES string of the molecule is CCc1nc(NN)c(C)c(N(C)CC2CCCN2C)n1. The first kappa shape index (κ1) is 15.0. The van der Waals surface area contributed by atoms with Gasteiger partial charge in [0.2, 0.25) is 0 Å². The Morgan fingerprint density at radius 2 is 2.20 bits per heavy atom. The van der Waals surface area contributed by atoms with Gasteiger partial charge in [-0.2, -0.15) is 0 Å². The highest BCUT2D eigenvalue weighted by molar-refractivity contribution is 5.58. The fourth-order valence-corrected chi connectivity index (χ4v) is 2.83. The summed E-state index contributed by atoms with van der Waals surface area (Å²) in [7, 11) is 4.30. The van der Waals surface area contributed by atoms with E-state index in [4.69, 9.17) is 5.84 Å². The zero-order valence-electron chi connectivity index (χ0n) is 13.0. The van der Waals surface area contributed by atoms with Crippen molar-refractivity contribution in [1.82, 2.24) is 14.9 Å². The molecule has 0 amide bonds. The van der Waals surface area contributed by atoms with Crippen LogP contribution in [0.3, 0.4) is 0 Å². The summed E-state index contributed by atoms with van der Waals surface area (Å²) in [6, 6.07) is 0.605. The molecule has 1 fully saturated rings. The van der Waals surface area contributed by atoms with Crippen LogP contribution in [-0.2, 0) is 6.42 Å². The largest absolute Gasteiger partial charge is 0.358 e. The summed E-state index contributed by atoms with van der Waals surface area (Å²) >= 11 is 0. The summed E-state index contributed by atoms with van der Waals surface area (Å²) in [5.41, 5.74) is 3.69. The summed E-state index contributed by atoms with van der Waals surface area (Å²) < 4.78 is 0. The Balaban J connectivity index is 2.21. The van der Waals surface area contributed by atoms with E-state index < -0.39 is 0 Å². The summed E-state index contributed by atoms with van der Waals surface area (Å²) in [4.78, 5) is 13.7. The minimum atomic E-state index is 0.605. The molecule has 2 heterocycles. The fraction of sp³-hybridized carbons (Fsp3) is 0.714. The van der Waals surface area contributed by atoms with E-state index in [9.17, 15) is 0 Å². The Labute approximate surface area is 121 Å². The number of likely N-dealkylation sites (tertiary alicyclic amines) is 1. The van der Waals surface area contributed by atoms with Crippen molar-refractivity contribution in [3.63, 3.8) is 0 Å². The molecule has 20 heavy (non-hydrogen) atoms. The van der Waals surface area contributed by atoms with Crippen LogP contribution < -0.4 is 16.2 Å². The predicted molar refractivity (Wildman–Crippen MR) is 82.9 cm³/mol. The molecule has 0 spiro atoms. The first-order chi connectivity index (χ1) is 9.56. The number of nitrogens with two attached hydrogens (primary N) is 1. The molecule has 0 radical (unpaired) electrons. The first-order valence-electron chi connectivity index (χ1n) is 7.32. The average molecular weight is 278 g/mol. The number of likely N-dealkylation sites (N-methyl/N-ethyl adjacent to an activating group) is 2. The zero-order chi connectivity index (χ0) is 14.7. The van der Waals surface area contributed by atoms with Crippen molar-refractivity contribution in [2.24, 2.45) is 5.84 Å². The maximum atomic E-state index is 5.56. The Morgan fingerprint density at radius 3 is 2.75 bits per heavy atom. The van der Waals surface area contributed by atoms with Crippen molar-refractivity contribution in [3.05, 3.63) is 11.4 Å². The van der Waals surface area contributed by atoms with Crippen molar-refractivity contribution >= 4 is 11.6 Å². The molecular formula is C14H26N6. The number of aryl methyl sites for hydroxylation is 1. The Hall–Kier alpha value is -1.40. The van der Waals surface area contributed by atoms with Crippen LogP contribution in [0.4, 0.5) is 11.6 Å².